The Labute approximate surface area is 343 Å². The molecule has 21 heteroatoms. The van der Waals surface area contributed by atoms with Crippen molar-refractivity contribution in [3.63, 3.8) is 0 Å². The number of aromatic nitrogens is 3. The lowest BCUT2D eigenvalue weighted by Crippen LogP contribution is -2.71. The highest BCUT2D eigenvalue weighted by Gasteiger charge is 2.55. The Bertz CT molecular complexity index is 2120. The van der Waals surface area contributed by atoms with Crippen LogP contribution in [0.4, 0.5) is 14.7 Å². The maximum absolute atomic E-state index is 14.4. The molecule has 3 atom stereocenters. The lowest BCUT2D eigenvalue weighted by Gasteiger charge is -2.50. The van der Waals surface area contributed by atoms with Gasteiger partial charge in [-0.2, -0.15) is 0 Å². The first-order chi connectivity index (χ1) is 27.3. The van der Waals surface area contributed by atoms with Gasteiger partial charge in [0.2, 0.25) is 12.3 Å². The number of nitrogens with zero attached hydrogens (tertiary/aromatic N) is 4. The van der Waals surface area contributed by atoms with Gasteiger partial charge in [0.25, 0.3) is 5.91 Å². The van der Waals surface area contributed by atoms with Crippen molar-refractivity contribution >= 4 is 87.6 Å². The van der Waals surface area contributed by atoms with E-state index in [1.165, 1.54) is 45.1 Å². The number of hydrazine groups is 1. The Balaban J connectivity index is 1.23. The first-order valence-electron chi connectivity index (χ1n) is 17.2. The summed E-state index contributed by atoms with van der Waals surface area (Å²) in [7, 11) is 0. The van der Waals surface area contributed by atoms with Crippen LogP contribution in [-0.2, 0) is 28.7 Å². The van der Waals surface area contributed by atoms with Crippen LogP contribution in [0.5, 0.6) is 0 Å². The zero-order chi connectivity index (χ0) is 40.7. The summed E-state index contributed by atoms with van der Waals surface area (Å²) in [6, 6.07) is 14.9. The number of ether oxygens (including phenoxy) is 2. The Morgan fingerprint density at radius 1 is 1.02 bits per heavy atom. The van der Waals surface area contributed by atoms with Gasteiger partial charge in [0.1, 0.15) is 27.7 Å². The van der Waals surface area contributed by atoms with E-state index >= 15 is 0 Å². The average molecular weight is 852 g/mol. The second kappa shape index (κ2) is 18.2. The van der Waals surface area contributed by atoms with Crippen molar-refractivity contribution in [1.29, 1.82) is 0 Å². The first kappa shape index (κ1) is 41.1. The summed E-state index contributed by atoms with van der Waals surface area (Å²) in [4.78, 5) is 83.9. The number of aryl methyl sites for hydroxylation is 1. The number of carbonyl (C=O) groups is 6. The molecule has 298 valence electrons. The summed E-state index contributed by atoms with van der Waals surface area (Å²) in [6.45, 7) is 6.77. The fraction of sp³-hybridized carbons (Fsp3) is 0.306. The molecular weight excluding hydrogens is 815 g/mol. The van der Waals surface area contributed by atoms with Gasteiger partial charge < -0.3 is 25.4 Å². The normalized spacial score (nSPS) is 16.8. The molecule has 5 N–H and O–H groups in total. The number of thioether (sulfide) groups is 2. The highest BCUT2D eigenvalue weighted by atomic mass is 32.2. The molecule has 0 saturated carbocycles. The van der Waals surface area contributed by atoms with E-state index in [9.17, 15) is 28.8 Å². The van der Waals surface area contributed by atoms with Crippen molar-refractivity contribution in [1.82, 2.24) is 41.6 Å². The summed E-state index contributed by atoms with van der Waals surface area (Å²) in [5, 5.41) is 17.5. The molecule has 17 nitrogen and oxygen atoms in total. The van der Waals surface area contributed by atoms with Crippen molar-refractivity contribution in [2.75, 3.05) is 16.8 Å². The van der Waals surface area contributed by atoms with Gasteiger partial charge in [-0.25, -0.2) is 30.2 Å². The van der Waals surface area contributed by atoms with Crippen LogP contribution in [0.2, 0.25) is 0 Å². The largest absolute Gasteiger partial charge is 0.448 e. The number of thiazole rings is 1. The Kier molecular flexibility index (Phi) is 13.1. The molecule has 1 saturated heterocycles. The van der Waals surface area contributed by atoms with Crippen molar-refractivity contribution in [3.8, 4) is 0 Å². The molecule has 2 unspecified atom stereocenters. The zero-order valence-corrected chi connectivity index (χ0v) is 34.1. The molecule has 0 bridgehead atoms. The van der Waals surface area contributed by atoms with Crippen LogP contribution in [-0.4, -0.2) is 84.9 Å². The highest BCUT2D eigenvalue weighted by molar-refractivity contribution is 8.01. The minimum Gasteiger partial charge on any atom is -0.448 e. The summed E-state index contributed by atoms with van der Waals surface area (Å²) >= 11 is 5.14. The van der Waals surface area contributed by atoms with Crippen LogP contribution in [0.15, 0.2) is 81.7 Å². The van der Waals surface area contributed by atoms with Crippen LogP contribution in [0.25, 0.3) is 0 Å². The average Bonchev–Trinajstić information content (AvgIpc) is 3.84. The second-order valence-electron chi connectivity index (χ2n) is 13.3. The van der Waals surface area contributed by atoms with Gasteiger partial charge in [-0.3, -0.25) is 19.3 Å². The molecule has 2 aromatic carbocycles. The fourth-order valence-electron chi connectivity index (χ4n) is 5.64. The zero-order valence-electron chi connectivity index (χ0n) is 30.8. The summed E-state index contributed by atoms with van der Waals surface area (Å²) in [6.07, 6.45) is -1.33. The third-order valence-corrected chi connectivity index (χ3v) is 12.2. The first-order valence-corrected chi connectivity index (χ1v) is 21.0. The van der Waals surface area contributed by atoms with Crippen LogP contribution in [0, 0.1) is 6.92 Å². The van der Waals surface area contributed by atoms with Crippen LogP contribution in [0.3, 0.4) is 0 Å². The number of esters is 1. The van der Waals surface area contributed by atoms with Gasteiger partial charge >= 0.3 is 18.1 Å². The Morgan fingerprint density at radius 3 is 2.32 bits per heavy atom. The molecule has 1 fully saturated rings. The van der Waals surface area contributed by atoms with E-state index in [2.05, 4.69) is 42.0 Å². The fourth-order valence-corrected chi connectivity index (χ4v) is 9.64. The number of nitrogens with one attached hydrogen (secondary N) is 5. The van der Waals surface area contributed by atoms with Crippen molar-refractivity contribution in [3.05, 3.63) is 99.1 Å². The smallest absolute Gasteiger partial charge is 0.426 e. The van der Waals surface area contributed by atoms with E-state index in [-0.39, 0.29) is 16.5 Å². The molecule has 6 rings (SSSR count). The molecular formula is C36H37N9O8S4. The maximum Gasteiger partial charge on any atom is 0.426 e. The van der Waals surface area contributed by atoms with E-state index in [1.54, 1.807) is 20.8 Å². The third-order valence-electron chi connectivity index (χ3n) is 8.06. The number of anilines is 1. The third kappa shape index (κ3) is 10.3. The summed E-state index contributed by atoms with van der Waals surface area (Å²) in [5.74, 6) is -1.47. The number of hydrogen-bond donors (Lipinski definition) is 5. The molecule has 2 aliphatic heterocycles. The van der Waals surface area contributed by atoms with Gasteiger partial charge in [-0.1, -0.05) is 83.8 Å². The quantitative estimate of drug-likeness (QED) is 0.0414. The summed E-state index contributed by atoms with van der Waals surface area (Å²) < 4.78 is 12.1. The molecule has 0 radical (unpaired) electrons. The monoisotopic (exact) mass is 851 g/mol. The van der Waals surface area contributed by atoms with E-state index < -0.39 is 59.1 Å². The minimum absolute atomic E-state index is 0.0393. The molecule has 0 spiro atoms. The number of hydrogen-bond acceptors (Lipinski definition) is 15. The molecule has 57 heavy (non-hydrogen) atoms. The van der Waals surface area contributed by atoms with Crippen molar-refractivity contribution in [2.45, 2.75) is 61.2 Å². The minimum atomic E-state index is -1.49. The van der Waals surface area contributed by atoms with E-state index in [0.717, 1.165) is 27.5 Å². The van der Waals surface area contributed by atoms with Crippen molar-refractivity contribution < 1.29 is 38.2 Å². The SMILES string of the molecule is Cc1nnc(SCC2=C(C(=O)OC(c3ccccc3)c3ccccc3)N3C(=O)C(NC(=O)C(NC(=O)NNC(=O)OC(C)(C)C)c4csc(NC=O)n4)[C@H]3SC2)s1. The Morgan fingerprint density at radius 2 is 1.70 bits per heavy atom. The maximum atomic E-state index is 14.4. The van der Waals surface area contributed by atoms with Crippen molar-refractivity contribution in [2.24, 2.45) is 0 Å². The molecule has 2 aromatic heterocycles. The Hall–Kier alpha value is -5.51. The van der Waals surface area contributed by atoms with Gasteiger partial charge in [-0.15, -0.1) is 33.3 Å². The molecule has 4 aromatic rings. The van der Waals surface area contributed by atoms with E-state index in [4.69, 9.17) is 9.47 Å². The predicted octanol–water partition coefficient (Wildman–Crippen LogP) is 4.43. The van der Waals surface area contributed by atoms with Gasteiger partial charge in [0, 0.05) is 16.9 Å². The van der Waals surface area contributed by atoms with Gasteiger partial charge in [-0.05, 0) is 44.4 Å². The van der Waals surface area contributed by atoms with E-state index in [1.807, 2.05) is 67.6 Å². The lowest BCUT2D eigenvalue weighted by molar-refractivity contribution is -0.154. The number of benzene rings is 2. The number of carbonyl (C=O) groups excluding carboxylic acids is 6. The van der Waals surface area contributed by atoms with Crippen LogP contribution >= 0.6 is 46.2 Å². The van der Waals surface area contributed by atoms with E-state index in [0.29, 0.717) is 27.8 Å². The molecule has 2 aliphatic rings. The molecule has 4 heterocycles. The second-order valence-corrected chi connectivity index (χ2v) is 17.7. The number of amides is 6. The predicted molar refractivity (Wildman–Crippen MR) is 214 cm³/mol. The summed E-state index contributed by atoms with van der Waals surface area (Å²) in [5.41, 5.74) is 5.59. The topological polar surface area (TPSA) is 223 Å². The van der Waals surface area contributed by atoms with Crippen LogP contribution < -0.4 is 26.8 Å². The molecule has 6 amide bonds. The lowest BCUT2D eigenvalue weighted by atomic mass is 10.0. The van der Waals surface area contributed by atoms with Crippen LogP contribution in [0.1, 0.15) is 54.7 Å². The number of urea groups is 1. The molecule has 0 aliphatic carbocycles. The van der Waals surface area contributed by atoms with Gasteiger partial charge in [0.05, 0.1) is 5.69 Å². The number of rotatable bonds is 13. The highest BCUT2D eigenvalue weighted by Crippen LogP contribution is 2.43. The number of β-lactam (4-membered cyclic amide) rings is 1. The standard InChI is InChI=1S/C36H37N9O8S4/c1-19-41-44-35(57-19)56-16-22-15-54-30-25(29(48)45(30)26(22)31(49)52-27(20-11-7-5-8-12-20)21-13-9-6-10-14-21)39-28(47)24(23-17-55-33(38-23)37-18-46)40-32(50)42-43-34(51)53-36(2,3)4/h5-14,17-18,24-25,27,30H,15-16H2,1-4H3,(H,39,47)(H,43,51)(H,37,38,46)(H2,40,42,50)/t24?,25?,30-/m1/s1. The van der Waals surface area contributed by atoms with Gasteiger partial charge in [0.15, 0.2) is 21.6 Å². The number of fused-ring (bicyclic) bond motifs is 1.